The zero-order valence-electron chi connectivity index (χ0n) is 5.84. The summed E-state index contributed by atoms with van der Waals surface area (Å²) in [6.45, 7) is 0. The molecule has 0 radical (unpaired) electrons. The predicted molar refractivity (Wildman–Crippen MR) is 45.7 cm³/mol. The Labute approximate surface area is 69.9 Å². The van der Waals surface area contributed by atoms with E-state index in [0.717, 1.165) is 17.8 Å². The third-order valence-corrected chi connectivity index (χ3v) is 1.82. The van der Waals surface area contributed by atoms with Gasteiger partial charge in [0, 0.05) is 11.8 Å². The van der Waals surface area contributed by atoms with Crippen LogP contribution in [0.25, 0.3) is 0 Å². The van der Waals surface area contributed by atoms with Crippen molar-refractivity contribution in [3.8, 4) is 0 Å². The van der Waals surface area contributed by atoms with Crippen molar-refractivity contribution in [3.63, 3.8) is 0 Å². The van der Waals surface area contributed by atoms with Crippen LogP contribution < -0.4 is 5.32 Å². The molecule has 0 aromatic carbocycles. The third kappa shape index (κ3) is 1.21. The monoisotopic (exact) mass is 166 g/mol. The number of rotatable bonds is 0. The highest BCUT2D eigenvalue weighted by molar-refractivity contribution is 6.30. The number of hydrogen-bond donors (Lipinski definition) is 1. The minimum Gasteiger partial charge on any atom is -0.347 e. The van der Waals surface area contributed by atoms with Crippen LogP contribution in [0.15, 0.2) is 24.5 Å². The minimum absolute atomic E-state index is 0.695. The average molecular weight is 167 g/mol. The summed E-state index contributed by atoms with van der Waals surface area (Å²) in [4.78, 5) is 4.12. The van der Waals surface area contributed by atoms with E-state index >= 15 is 0 Å². The second-order valence-corrected chi connectivity index (χ2v) is 2.85. The summed E-state index contributed by atoms with van der Waals surface area (Å²) in [7, 11) is 0. The zero-order chi connectivity index (χ0) is 7.68. The maximum absolute atomic E-state index is 5.76. The summed E-state index contributed by atoms with van der Waals surface area (Å²) in [5.41, 5.74) is 1.15. The first-order valence-electron chi connectivity index (χ1n) is 3.42. The van der Waals surface area contributed by atoms with Gasteiger partial charge in [-0.15, -0.1) is 0 Å². The molecule has 56 valence electrons. The summed E-state index contributed by atoms with van der Waals surface area (Å²) in [5, 5.41) is 3.73. The van der Waals surface area contributed by atoms with Gasteiger partial charge in [0.05, 0.1) is 5.02 Å². The molecule has 2 nitrogen and oxygen atoms in total. The Balaban J connectivity index is 2.48. The number of pyridine rings is 1. The minimum atomic E-state index is 0.695. The number of nitrogens with zero attached hydrogens (tertiary/aromatic N) is 1. The lowest BCUT2D eigenvalue weighted by molar-refractivity contribution is 1.15. The fraction of sp³-hybridized carbons (Fsp3) is 0.125. The number of aromatic nitrogens is 1. The Morgan fingerprint density at radius 1 is 1.55 bits per heavy atom. The fourth-order valence-electron chi connectivity index (χ4n) is 1.09. The van der Waals surface area contributed by atoms with E-state index in [1.165, 1.54) is 0 Å². The van der Waals surface area contributed by atoms with Crippen molar-refractivity contribution in [3.05, 3.63) is 35.1 Å². The molecule has 0 unspecified atom stereocenters. The smallest absolute Gasteiger partial charge is 0.133 e. The molecule has 0 amide bonds. The molecular formula is C8H7ClN2. The van der Waals surface area contributed by atoms with Crippen LogP contribution in [0, 0.1) is 0 Å². The highest BCUT2D eigenvalue weighted by Gasteiger charge is 2.04. The molecule has 0 aliphatic carbocycles. The van der Waals surface area contributed by atoms with E-state index in [0.29, 0.717) is 5.02 Å². The second kappa shape index (κ2) is 2.55. The molecule has 1 aromatic heterocycles. The van der Waals surface area contributed by atoms with Crippen LogP contribution in [0.3, 0.4) is 0 Å². The Hall–Kier alpha value is -1.02. The Bertz CT molecular complexity index is 307. The van der Waals surface area contributed by atoms with Gasteiger partial charge < -0.3 is 5.32 Å². The van der Waals surface area contributed by atoms with Gasteiger partial charge in [0.25, 0.3) is 0 Å². The van der Waals surface area contributed by atoms with Gasteiger partial charge in [-0.05, 0) is 18.7 Å². The lowest BCUT2D eigenvalue weighted by Gasteiger charge is -2.10. The number of halogens is 1. The summed E-state index contributed by atoms with van der Waals surface area (Å²) in [6.07, 6.45) is 6.49. The molecule has 0 saturated carbocycles. The average Bonchev–Trinajstić information content (AvgIpc) is 2.04. The van der Waals surface area contributed by atoms with E-state index in [4.69, 9.17) is 11.6 Å². The lowest BCUT2D eigenvalue weighted by Crippen LogP contribution is -2.01. The molecule has 2 heterocycles. The second-order valence-electron chi connectivity index (χ2n) is 2.41. The summed E-state index contributed by atoms with van der Waals surface area (Å²) >= 11 is 5.76. The molecule has 11 heavy (non-hydrogen) atoms. The van der Waals surface area contributed by atoms with Crippen LogP contribution in [0.1, 0.15) is 5.56 Å². The number of fused-ring (bicyclic) bond motifs is 1. The van der Waals surface area contributed by atoms with Gasteiger partial charge in [-0.3, -0.25) is 0 Å². The van der Waals surface area contributed by atoms with Gasteiger partial charge in [-0.2, -0.15) is 0 Å². The van der Waals surface area contributed by atoms with E-state index in [-0.39, 0.29) is 0 Å². The van der Waals surface area contributed by atoms with Gasteiger partial charge in [0.2, 0.25) is 0 Å². The first-order chi connectivity index (χ1) is 5.36. The highest BCUT2D eigenvalue weighted by atomic mass is 35.5. The van der Waals surface area contributed by atoms with Crippen molar-refractivity contribution >= 4 is 17.4 Å². The molecule has 0 saturated heterocycles. The maximum atomic E-state index is 5.76. The number of hydrogen-bond acceptors (Lipinski definition) is 2. The van der Waals surface area contributed by atoms with Crippen LogP contribution in [0.5, 0.6) is 0 Å². The van der Waals surface area contributed by atoms with E-state index in [1.807, 2.05) is 18.3 Å². The predicted octanol–water partition coefficient (Wildman–Crippen LogP) is 2.22. The SMILES string of the molecule is Clc1cnc2c(c1)CC=CN2. The molecule has 0 fully saturated rings. The zero-order valence-corrected chi connectivity index (χ0v) is 6.60. The van der Waals surface area contributed by atoms with Gasteiger partial charge in [-0.25, -0.2) is 4.98 Å². The molecule has 1 aromatic rings. The molecule has 3 heteroatoms. The fourth-order valence-corrected chi connectivity index (χ4v) is 1.27. The van der Waals surface area contributed by atoms with Crippen molar-refractivity contribution in [1.29, 1.82) is 0 Å². The van der Waals surface area contributed by atoms with Crippen molar-refractivity contribution < 1.29 is 0 Å². The molecule has 0 bridgehead atoms. The van der Waals surface area contributed by atoms with Gasteiger partial charge >= 0.3 is 0 Å². The number of allylic oxidation sites excluding steroid dienone is 1. The molecule has 0 spiro atoms. The summed E-state index contributed by atoms with van der Waals surface area (Å²) in [5.74, 6) is 0.914. The maximum Gasteiger partial charge on any atom is 0.133 e. The first-order valence-corrected chi connectivity index (χ1v) is 3.80. The van der Waals surface area contributed by atoms with Crippen molar-refractivity contribution in [2.24, 2.45) is 0 Å². The van der Waals surface area contributed by atoms with Crippen molar-refractivity contribution in [2.45, 2.75) is 6.42 Å². The van der Waals surface area contributed by atoms with Crippen LogP contribution in [0.2, 0.25) is 5.02 Å². The third-order valence-electron chi connectivity index (χ3n) is 1.61. The number of nitrogens with one attached hydrogen (secondary N) is 1. The van der Waals surface area contributed by atoms with E-state index in [9.17, 15) is 0 Å². The quantitative estimate of drug-likeness (QED) is 0.639. The van der Waals surface area contributed by atoms with Crippen molar-refractivity contribution in [1.82, 2.24) is 4.98 Å². The molecule has 1 aliphatic heterocycles. The van der Waals surface area contributed by atoms with Gasteiger partial charge in [-0.1, -0.05) is 17.7 Å². The van der Waals surface area contributed by atoms with Gasteiger partial charge in [0.15, 0.2) is 0 Å². The van der Waals surface area contributed by atoms with E-state index in [1.54, 1.807) is 6.20 Å². The van der Waals surface area contributed by atoms with Crippen molar-refractivity contribution in [2.75, 3.05) is 5.32 Å². The summed E-state index contributed by atoms with van der Waals surface area (Å²) < 4.78 is 0. The Morgan fingerprint density at radius 3 is 3.36 bits per heavy atom. The molecule has 2 rings (SSSR count). The standard InChI is InChI=1S/C8H7ClN2/c9-7-4-6-2-1-3-10-8(6)11-5-7/h1,3-5H,2H2,(H,10,11). The Kier molecular flexibility index (Phi) is 1.55. The molecular weight excluding hydrogens is 160 g/mol. The van der Waals surface area contributed by atoms with E-state index < -0.39 is 0 Å². The number of anilines is 1. The van der Waals surface area contributed by atoms with Crippen LogP contribution in [-0.4, -0.2) is 4.98 Å². The van der Waals surface area contributed by atoms with Crippen LogP contribution >= 0.6 is 11.6 Å². The van der Waals surface area contributed by atoms with Crippen LogP contribution in [-0.2, 0) is 6.42 Å². The molecule has 1 aliphatic rings. The first kappa shape index (κ1) is 6.68. The highest BCUT2D eigenvalue weighted by Crippen LogP contribution is 2.20. The van der Waals surface area contributed by atoms with Gasteiger partial charge in [0.1, 0.15) is 5.82 Å². The lowest BCUT2D eigenvalue weighted by atomic mass is 10.1. The topological polar surface area (TPSA) is 24.9 Å². The van der Waals surface area contributed by atoms with Crippen LogP contribution in [0.4, 0.5) is 5.82 Å². The molecule has 1 N–H and O–H groups in total. The molecule has 0 atom stereocenters. The summed E-state index contributed by atoms with van der Waals surface area (Å²) in [6, 6.07) is 1.93. The Morgan fingerprint density at radius 2 is 2.45 bits per heavy atom. The van der Waals surface area contributed by atoms with E-state index in [2.05, 4.69) is 10.3 Å². The largest absolute Gasteiger partial charge is 0.347 e. The normalized spacial score (nSPS) is 13.9.